The maximum atomic E-state index is 13.6. The first-order chi connectivity index (χ1) is 26.1. The Labute approximate surface area is 333 Å². The van der Waals surface area contributed by atoms with Gasteiger partial charge in [-0.15, -0.1) is 0 Å². The summed E-state index contributed by atoms with van der Waals surface area (Å²) in [5.74, 6) is -0.0638. The number of methoxy groups -OCH3 is 1. The van der Waals surface area contributed by atoms with Crippen LogP contribution in [0.3, 0.4) is 0 Å². The first-order valence-corrected chi connectivity index (χ1v) is 23.0. The van der Waals surface area contributed by atoms with Gasteiger partial charge in [0.25, 0.3) is 0 Å². The smallest absolute Gasteiger partial charge is 0.465 e. The van der Waals surface area contributed by atoms with Gasteiger partial charge in [-0.25, -0.2) is 4.79 Å². The van der Waals surface area contributed by atoms with Crippen LogP contribution in [0.15, 0.2) is 30.3 Å². The van der Waals surface area contributed by atoms with Crippen LogP contribution in [0.25, 0.3) is 5.57 Å². The molecule has 0 radical (unpaired) electrons. The van der Waals surface area contributed by atoms with Gasteiger partial charge in [-0.2, -0.15) is 23.8 Å². The maximum Gasteiger partial charge on any atom is 0.471 e. The number of alkyl halides is 3. The van der Waals surface area contributed by atoms with Gasteiger partial charge in [0.05, 0.1) is 24.2 Å². The van der Waals surface area contributed by atoms with Crippen LogP contribution in [0.5, 0.6) is 0 Å². The quantitative estimate of drug-likeness (QED) is 0.194. The van der Waals surface area contributed by atoms with Crippen molar-refractivity contribution in [3.63, 3.8) is 0 Å². The summed E-state index contributed by atoms with van der Waals surface area (Å²) in [4.78, 5) is 26.8. The molecule has 5 fully saturated rings. The second kappa shape index (κ2) is 14.6. The summed E-state index contributed by atoms with van der Waals surface area (Å²) in [7, 11) is -1.08. The minimum Gasteiger partial charge on any atom is -0.465 e. The number of rotatable bonds is 8. The van der Waals surface area contributed by atoms with Crippen LogP contribution in [0.1, 0.15) is 115 Å². The number of allylic oxidation sites excluding steroid dienone is 2. The van der Waals surface area contributed by atoms with Crippen LogP contribution in [-0.2, 0) is 9.53 Å². The standard InChI is InChI=1S/C44H66F3N3O5S/c1-28(49-38(52)44(45,46)47)31-14-19-43(48-22-23-50-24-26-56(53,54)27-25-50)21-20-41(5)33(36(31)43)12-13-35-40(4)17-15-32(29-8-10-30(11-9-29)37(51)55-7)39(2,3)34(40)16-18-42(35,41)6/h8-11,15,28,31,33-36,48,53-54H,12-14,16-27H2,1-7H3,(H,49,52)/t28?,31-,33+,34-,35+,36+,40-,41+,42+,43-/m0/s1. The van der Waals surface area contributed by atoms with Gasteiger partial charge in [0.2, 0.25) is 0 Å². The monoisotopic (exact) mass is 805 g/mol. The van der Waals surface area contributed by atoms with E-state index in [0.29, 0.717) is 47.9 Å². The zero-order valence-electron chi connectivity index (χ0n) is 34.6. The summed E-state index contributed by atoms with van der Waals surface area (Å²) in [6.45, 7) is 17.1. The molecule has 10 atom stereocenters. The fourth-order valence-corrected chi connectivity index (χ4v) is 15.7. The summed E-state index contributed by atoms with van der Waals surface area (Å²) >= 11 is 0. The molecule has 56 heavy (non-hydrogen) atoms. The van der Waals surface area contributed by atoms with Crippen LogP contribution in [-0.4, -0.2) is 88.4 Å². The second-order valence-corrected chi connectivity index (χ2v) is 22.3. The van der Waals surface area contributed by atoms with Crippen molar-refractivity contribution in [3.8, 4) is 0 Å². The number of amides is 1. The number of esters is 1. The Hall–Kier alpha value is -2.12. The summed E-state index contributed by atoms with van der Waals surface area (Å²) < 4.78 is 66.0. The molecule has 0 aromatic heterocycles. The number of fused-ring (bicyclic) bond motifs is 7. The molecule has 12 heteroatoms. The molecule has 8 nitrogen and oxygen atoms in total. The maximum absolute atomic E-state index is 13.6. The molecule has 1 unspecified atom stereocenters. The van der Waals surface area contributed by atoms with Gasteiger partial charge in [-0.05, 0) is 139 Å². The average Bonchev–Trinajstić information content (AvgIpc) is 3.51. The summed E-state index contributed by atoms with van der Waals surface area (Å²) in [6.07, 6.45) is 6.53. The van der Waals surface area contributed by atoms with E-state index in [0.717, 1.165) is 76.4 Å². The highest BCUT2D eigenvalue weighted by Gasteiger charge is 2.70. The molecule has 1 saturated heterocycles. The van der Waals surface area contributed by atoms with Crippen molar-refractivity contribution < 1.29 is 36.6 Å². The minimum absolute atomic E-state index is 0.0187. The Morgan fingerprint density at radius 1 is 0.929 bits per heavy atom. The van der Waals surface area contributed by atoms with Crippen molar-refractivity contribution in [1.29, 1.82) is 0 Å². The van der Waals surface area contributed by atoms with Gasteiger partial charge in [-0.3, -0.25) is 18.8 Å². The normalized spacial score (nSPS) is 40.1. The number of hydrogen-bond donors (Lipinski definition) is 4. The van der Waals surface area contributed by atoms with E-state index in [-0.39, 0.29) is 45.0 Å². The van der Waals surface area contributed by atoms with E-state index in [2.05, 4.69) is 68.4 Å². The van der Waals surface area contributed by atoms with Crippen LogP contribution in [0.4, 0.5) is 13.2 Å². The highest BCUT2D eigenvalue weighted by atomic mass is 32.3. The number of halogens is 3. The lowest BCUT2D eigenvalue weighted by Crippen LogP contribution is -2.68. The molecule has 1 aromatic rings. The van der Waals surface area contributed by atoms with E-state index in [9.17, 15) is 31.9 Å². The van der Waals surface area contributed by atoms with E-state index < -0.39 is 28.7 Å². The van der Waals surface area contributed by atoms with Gasteiger partial charge in [0.1, 0.15) is 0 Å². The van der Waals surface area contributed by atoms with Crippen LogP contribution in [0, 0.1) is 51.2 Å². The molecule has 1 amide bonds. The number of ether oxygens (including phenoxy) is 1. The molecule has 1 aliphatic heterocycles. The van der Waals surface area contributed by atoms with Crippen LogP contribution >= 0.6 is 10.6 Å². The third-order valence-electron chi connectivity index (χ3n) is 17.3. The molecular weight excluding hydrogens is 740 g/mol. The summed E-state index contributed by atoms with van der Waals surface area (Å²) in [5.41, 5.74) is 2.84. The van der Waals surface area contributed by atoms with E-state index in [4.69, 9.17) is 4.74 Å². The van der Waals surface area contributed by atoms with Crippen LogP contribution < -0.4 is 10.6 Å². The molecule has 0 bridgehead atoms. The second-order valence-electron chi connectivity index (χ2n) is 19.9. The molecule has 4 saturated carbocycles. The molecule has 4 N–H and O–H groups in total. The van der Waals surface area contributed by atoms with Crippen molar-refractivity contribution in [2.24, 2.45) is 51.2 Å². The third kappa shape index (κ3) is 6.86. The highest BCUT2D eigenvalue weighted by Crippen LogP contribution is 2.76. The Bertz CT molecular complexity index is 1690. The van der Waals surface area contributed by atoms with Gasteiger partial charge >= 0.3 is 18.1 Å². The van der Waals surface area contributed by atoms with Gasteiger partial charge in [0, 0.05) is 37.8 Å². The SMILES string of the molecule is COC(=O)c1ccc(C2=CC[C@]3(C)[C@H]4CC[C@@H]5[C@H]6[C@H](C(C)NC(=O)C(F)(F)F)CC[C@]6(NCCN6CCS(O)(O)CC6)CC[C@@]5(C)[C@]4(C)CC[C@H]3C2(C)C)cc1. The van der Waals surface area contributed by atoms with Gasteiger partial charge in [0.15, 0.2) is 0 Å². The Morgan fingerprint density at radius 3 is 2.25 bits per heavy atom. The number of benzene rings is 1. The van der Waals surface area contributed by atoms with E-state index in [1.165, 1.54) is 12.7 Å². The summed E-state index contributed by atoms with van der Waals surface area (Å²) in [5, 5.41) is 6.45. The largest absolute Gasteiger partial charge is 0.471 e. The van der Waals surface area contributed by atoms with E-state index in [1.54, 1.807) is 6.92 Å². The Kier molecular flexibility index (Phi) is 10.9. The van der Waals surface area contributed by atoms with Crippen molar-refractivity contribution in [2.75, 3.05) is 44.8 Å². The molecule has 1 heterocycles. The van der Waals surface area contributed by atoms with Crippen molar-refractivity contribution in [3.05, 3.63) is 41.5 Å². The van der Waals surface area contributed by atoms with Crippen molar-refractivity contribution in [2.45, 2.75) is 117 Å². The fraction of sp³-hybridized carbons (Fsp3) is 0.773. The Balaban J connectivity index is 1.17. The van der Waals surface area contributed by atoms with Crippen molar-refractivity contribution in [1.82, 2.24) is 15.5 Å². The predicted molar refractivity (Wildman–Crippen MR) is 216 cm³/mol. The number of hydrogen-bond acceptors (Lipinski definition) is 7. The molecule has 0 spiro atoms. The van der Waals surface area contributed by atoms with Crippen LogP contribution in [0.2, 0.25) is 0 Å². The lowest BCUT2D eigenvalue weighted by Gasteiger charge is -2.72. The minimum atomic E-state index is -4.92. The van der Waals surface area contributed by atoms with Crippen molar-refractivity contribution >= 4 is 28.0 Å². The number of nitrogens with zero attached hydrogens (tertiary/aromatic N) is 1. The molecule has 1 aromatic carbocycles. The molecule has 314 valence electrons. The van der Waals surface area contributed by atoms with E-state index in [1.807, 2.05) is 12.1 Å². The number of carbonyl (C=O) groups excluding carboxylic acids is 2. The van der Waals surface area contributed by atoms with Gasteiger partial charge in [-0.1, -0.05) is 52.8 Å². The third-order valence-corrected chi connectivity index (χ3v) is 19.0. The molecular formula is C44H66F3N3O5S. The fourth-order valence-electron chi connectivity index (χ4n) is 14.4. The zero-order chi connectivity index (χ0) is 40.7. The molecule has 5 aliphatic carbocycles. The average molecular weight is 806 g/mol. The zero-order valence-corrected chi connectivity index (χ0v) is 35.4. The van der Waals surface area contributed by atoms with Gasteiger partial charge < -0.3 is 15.4 Å². The first kappa shape index (κ1) is 42.0. The lowest BCUT2D eigenvalue weighted by molar-refractivity contribution is -0.221. The number of carbonyl (C=O) groups is 2. The lowest BCUT2D eigenvalue weighted by atomic mass is 9.33. The topological polar surface area (TPSA) is 111 Å². The molecule has 6 aliphatic rings. The highest BCUT2D eigenvalue weighted by molar-refractivity contribution is 8.24. The first-order valence-electron chi connectivity index (χ1n) is 21.1. The summed E-state index contributed by atoms with van der Waals surface area (Å²) in [6, 6.07) is 7.24. The number of nitrogens with one attached hydrogen (secondary N) is 2. The molecule has 7 rings (SSSR count). The van der Waals surface area contributed by atoms with E-state index >= 15 is 0 Å². The predicted octanol–water partition coefficient (Wildman–Crippen LogP) is 9.02. The Morgan fingerprint density at radius 2 is 1.61 bits per heavy atom.